The zero-order chi connectivity index (χ0) is 29.4. The number of amides is 2. The fraction of sp³-hybridized carbons (Fsp3) is 0.300. The van der Waals surface area contributed by atoms with Gasteiger partial charge in [0.15, 0.2) is 5.78 Å². The minimum absolute atomic E-state index is 0.0758. The van der Waals surface area contributed by atoms with Gasteiger partial charge in [-0.2, -0.15) is 0 Å². The van der Waals surface area contributed by atoms with Crippen LogP contribution in [0.15, 0.2) is 83.3 Å². The van der Waals surface area contributed by atoms with Crippen molar-refractivity contribution in [3.8, 4) is 0 Å². The minimum Gasteiger partial charge on any atom is -0.352 e. The van der Waals surface area contributed by atoms with Gasteiger partial charge in [0.05, 0.1) is 11.9 Å². The lowest BCUT2D eigenvalue weighted by Gasteiger charge is -2.34. The first-order chi connectivity index (χ1) is 18.8. The van der Waals surface area contributed by atoms with Gasteiger partial charge in [-0.25, -0.2) is 8.42 Å². The van der Waals surface area contributed by atoms with E-state index < -0.39 is 28.5 Å². The van der Waals surface area contributed by atoms with Crippen LogP contribution in [0.2, 0.25) is 0 Å². The number of sulfonamides is 1. The van der Waals surface area contributed by atoms with Gasteiger partial charge in [-0.15, -0.1) is 0 Å². The Kier molecular flexibility index (Phi) is 10.6. The van der Waals surface area contributed by atoms with Gasteiger partial charge in [0.2, 0.25) is 21.8 Å². The first-order valence-electron chi connectivity index (χ1n) is 12.8. The lowest BCUT2D eigenvalue weighted by atomic mass is 10.0. The van der Waals surface area contributed by atoms with Gasteiger partial charge in [-0.05, 0) is 56.2 Å². The molecule has 0 bridgehead atoms. The largest absolute Gasteiger partial charge is 0.352 e. The maximum Gasteiger partial charge on any atom is 0.244 e. The van der Waals surface area contributed by atoms with Crippen LogP contribution < -0.4 is 9.62 Å². The molecule has 0 heterocycles. The minimum atomic E-state index is -3.93. The van der Waals surface area contributed by atoms with Gasteiger partial charge >= 0.3 is 0 Å². The highest BCUT2D eigenvalue weighted by Gasteiger charge is 2.33. The van der Waals surface area contributed by atoms with Crippen molar-refractivity contribution in [2.45, 2.75) is 45.8 Å². The van der Waals surface area contributed by atoms with Crippen LogP contribution in [-0.2, 0) is 32.6 Å². The number of nitrogens with zero attached hydrogens (tertiary/aromatic N) is 2. The summed E-state index contributed by atoms with van der Waals surface area (Å²) in [6.07, 6.45) is 1.24. The van der Waals surface area contributed by atoms with Crippen LogP contribution in [-0.4, -0.2) is 55.8 Å². The Bertz CT molecular complexity index is 1460. The topological polar surface area (TPSA) is 104 Å². The summed E-state index contributed by atoms with van der Waals surface area (Å²) in [5.74, 6) is -1.13. The fourth-order valence-corrected chi connectivity index (χ4v) is 5.55. The van der Waals surface area contributed by atoms with E-state index in [-0.39, 0.29) is 36.4 Å². The molecule has 1 N–H and O–H groups in total. The number of Topliss-reactive ketones (excluding diaryl/α,β-unsaturated/α-hetero) is 1. The number of hydrogen-bond donors (Lipinski definition) is 1. The number of hydrogen-bond acceptors (Lipinski definition) is 5. The molecule has 0 aliphatic heterocycles. The summed E-state index contributed by atoms with van der Waals surface area (Å²) >= 11 is 3.46. The Morgan fingerprint density at radius 2 is 1.55 bits per heavy atom. The van der Waals surface area contributed by atoms with Crippen molar-refractivity contribution in [3.05, 3.63) is 100 Å². The molecular formula is C30H34BrN3O5S. The molecule has 8 nitrogen and oxygen atoms in total. The highest BCUT2D eigenvalue weighted by molar-refractivity contribution is 9.10. The van der Waals surface area contributed by atoms with Crippen molar-refractivity contribution in [3.63, 3.8) is 0 Å². The zero-order valence-corrected chi connectivity index (χ0v) is 25.4. The Morgan fingerprint density at radius 3 is 2.15 bits per heavy atom. The third-order valence-electron chi connectivity index (χ3n) is 6.16. The first-order valence-corrected chi connectivity index (χ1v) is 15.5. The van der Waals surface area contributed by atoms with Crippen LogP contribution in [0.3, 0.4) is 0 Å². The summed E-state index contributed by atoms with van der Waals surface area (Å²) in [4.78, 5) is 41.0. The second-order valence-electron chi connectivity index (χ2n) is 9.90. The summed E-state index contributed by atoms with van der Waals surface area (Å²) < 4.78 is 27.6. The molecule has 40 heavy (non-hydrogen) atoms. The van der Waals surface area contributed by atoms with Crippen molar-refractivity contribution < 1.29 is 22.8 Å². The van der Waals surface area contributed by atoms with E-state index in [1.54, 1.807) is 12.1 Å². The lowest BCUT2D eigenvalue weighted by Crippen LogP contribution is -2.54. The Labute approximate surface area is 244 Å². The van der Waals surface area contributed by atoms with E-state index in [0.717, 1.165) is 26.2 Å². The molecule has 10 heteroatoms. The molecule has 3 aromatic carbocycles. The maximum absolute atomic E-state index is 14.1. The summed E-state index contributed by atoms with van der Waals surface area (Å²) in [6, 6.07) is 21.8. The number of ketones is 1. The highest BCUT2D eigenvalue weighted by Crippen LogP contribution is 2.22. The van der Waals surface area contributed by atoms with E-state index >= 15 is 0 Å². The molecule has 212 valence electrons. The van der Waals surface area contributed by atoms with Crippen molar-refractivity contribution in [1.29, 1.82) is 0 Å². The van der Waals surface area contributed by atoms with Gasteiger partial charge in [0, 0.05) is 29.0 Å². The van der Waals surface area contributed by atoms with Crippen LogP contribution in [0.1, 0.15) is 42.3 Å². The van der Waals surface area contributed by atoms with Crippen LogP contribution in [0.5, 0.6) is 0 Å². The lowest BCUT2D eigenvalue weighted by molar-refractivity contribution is -0.140. The average molecular weight is 629 g/mol. The third-order valence-corrected chi connectivity index (χ3v) is 7.80. The third kappa shape index (κ3) is 8.76. The summed E-state index contributed by atoms with van der Waals surface area (Å²) in [7, 11) is -3.93. The van der Waals surface area contributed by atoms with E-state index in [1.807, 2.05) is 68.4 Å². The zero-order valence-electron chi connectivity index (χ0n) is 23.0. The van der Waals surface area contributed by atoms with Gasteiger partial charge in [-0.3, -0.25) is 18.7 Å². The van der Waals surface area contributed by atoms with Crippen LogP contribution in [0.4, 0.5) is 5.69 Å². The molecule has 0 aliphatic rings. The summed E-state index contributed by atoms with van der Waals surface area (Å²) in [5.41, 5.74) is 2.13. The Hall–Kier alpha value is -3.50. The number of rotatable bonds is 12. The molecule has 0 fully saturated rings. The average Bonchev–Trinajstić information content (AvgIpc) is 2.88. The van der Waals surface area contributed by atoms with E-state index in [2.05, 4.69) is 21.2 Å². The van der Waals surface area contributed by atoms with E-state index in [4.69, 9.17) is 0 Å². The number of anilines is 1. The second-order valence-corrected chi connectivity index (χ2v) is 12.7. The van der Waals surface area contributed by atoms with Gasteiger partial charge < -0.3 is 10.2 Å². The van der Waals surface area contributed by atoms with Gasteiger partial charge in [0.25, 0.3) is 0 Å². The van der Waals surface area contributed by atoms with Gasteiger partial charge in [-0.1, -0.05) is 70.5 Å². The standard InChI is InChI=1S/C30H34BrN3O5S/c1-21(2)32-30(37)28(17-23-10-6-5-7-11-23)33(19-24-12-8-14-26(31)16-24)29(36)20-34(40(4,38)39)27-15-9-13-25(18-27)22(3)35/h5-16,18,21,28H,17,19-20H2,1-4H3,(H,32,37)/t28-/m0/s1. The fourth-order valence-electron chi connectivity index (χ4n) is 4.26. The number of carbonyl (C=O) groups is 3. The van der Waals surface area contributed by atoms with E-state index in [1.165, 1.54) is 24.0 Å². The second kappa shape index (κ2) is 13.7. The number of halogens is 1. The van der Waals surface area contributed by atoms with Crippen LogP contribution >= 0.6 is 15.9 Å². The molecular weight excluding hydrogens is 594 g/mol. The molecule has 0 aliphatic carbocycles. The number of nitrogens with one attached hydrogen (secondary N) is 1. The molecule has 0 spiro atoms. The maximum atomic E-state index is 14.1. The molecule has 3 rings (SSSR count). The van der Waals surface area contributed by atoms with Crippen molar-refractivity contribution in [2.24, 2.45) is 0 Å². The SMILES string of the molecule is CC(=O)c1cccc(N(CC(=O)N(Cc2cccc(Br)c2)[C@@H](Cc2ccccc2)C(=O)NC(C)C)S(C)(=O)=O)c1. The van der Waals surface area contributed by atoms with Crippen molar-refractivity contribution >= 4 is 49.2 Å². The summed E-state index contributed by atoms with van der Waals surface area (Å²) in [6.45, 7) is 4.59. The quantitative estimate of drug-likeness (QED) is 0.296. The predicted molar refractivity (Wildman–Crippen MR) is 161 cm³/mol. The molecule has 0 unspecified atom stereocenters. The molecule has 3 aromatic rings. The summed E-state index contributed by atoms with van der Waals surface area (Å²) in [5, 5.41) is 2.92. The number of benzene rings is 3. The Balaban J connectivity index is 2.07. The van der Waals surface area contributed by atoms with Crippen molar-refractivity contribution in [1.82, 2.24) is 10.2 Å². The molecule has 2 amide bonds. The molecule has 0 aromatic heterocycles. The van der Waals surface area contributed by atoms with Crippen molar-refractivity contribution in [2.75, 3.05) is 17.1 Å². The molecule has 0 saturated heterocycles. The smallest absolute Gasteiger partial charge is 0.244 e. The van der Waals surface area contributed by atoms with Gasteiger partial charge in [0.1, 0.15) is 12.6 Å². The number of carbonyl (C=O) groups excluding carboxylic acids is 3. The predicted octanol–water partition coefficient (Wildman–Crippen LogP) is 4.58. The molecule has 1 atom stereocenters. The van der Waals surface area contributed by atoms with Crippen LogP contribution in [0.25, 0.3) is 0 Å². The highest BCUT2D eigenvalue weighted by atomic mass is 79.9. The van der Waals surface area contributed by atoms with E-state index in [0.29, 0.717) is 5.56 Å². The van der Waals surface area contributed by atoms with Crippen LogP contribution in [0, 0.1) is 0 Å². The Morgan fingerprint density at radius 1 is 0.900 bits per heavy atom. The molecule has 0 saturated carbocycles. The molecule has 0 radical (unpaired) electrons. The normalized spacial score (nSPS) is 12.1. The van der Waals surface area contributed by atoms with E-state index in [9.17, 15) is 22.8 Å². The first kappa shape index (κ1) is 31.0. The monoisotopic (exact) mass is 627 g/mol.